The van der Waals surface area contributed by atoms with E-state index >= 15 is 0 Å². The number of nitrogens with zero attached hydrogens (tertiary/aromatic N) is 1. The van der Waals surface area contributed by atoms with Crippen LogP contribution >= 0.6 is 11.6 Å². The van der Waals surface area contributed by atoms with E-state index in [2.05, 4.69) is 5.32 Å². The number of nitrogens with one attached hydrogen (secondary N) is 1. The Balaban J connectivity index is 1.82. The quantitative estimate of drug-likeness (QED) is 0.498. The molecule has 1 aliphatic carbocycles. The normalized spacial score (nSPS) is 13.4. The zero-order chi connectivity index (χ0) is 20.7. The Morgan fingerprint density at radius 2 is 2.07 bits per heavy atom. The molecule has 0 radical (unpaired) electrons. The number of oxazole rings is 1. The third-order valence-electron chi connectivity index (χ3n) is 4.62. The van der Waals surface area contributed by atoms with Crippen molar-refractivity contribution in [3.63, 3.8) is 0 Å². The van der Waals surface area contributed by atoms with Gasteiger partial charge in [0.05, 0.1) is 22.8 Å². The molecule has 1 saturated carbocycles. The van der Waals surface area contributed by atoms with E-state index in [9.17, 15) is 19.5 Å². The molecule has 0 aliphatic heterocycles. The van der Waals surface area contributed by atoms with Crippen LogP contribution in [0.5, 0.6) is 5.75 Å². The van der Waals surface area contributed by atoms with Crippen molar-refractivity contribution in [1.29, 1.82) is 0 Å². The Morgan fingerprint density at radius 1 is 1.31 bits per heavy atom. The molecule has 1 aliphatic rings. The summed E-state index contributed by atoms with van der Waals surface area (Å²) in [4.78, 5) is 36.1. The Kier molecular flexibility index (Phi) is 4.79. The number of ether oxygens (including phenoxy) is 1. The van der Waals surface area contributed by atoms with Gasteiger partial charge in [0.2, 0.25) is 0 Å². The predicted octanol–water partition coefficient (Wildman–Crippen LogP) is 3.32. The molecule has 0 bridgehead atoms. The lowest BCUT2D eigenvalue weighted by Crippen LogP contribution is -2.25. The van der Waals surface area contributed by atoms with Gasteiger partial charge in [-0.15, -0.1) is 0 Å². The molecule has 29 heavy (non-hydrogen) atoms. The molecular formula is C20H17ClN2O6. The van der Waals surface area contributed by atoms with E-state index in [4.69, 9.17) is 20.8 Å². The van der Waals surface area contributed by atoms with Crippen molar-refractivity contribution in [2.45, 2.75) is 25.7 Å². The van der Waals surface area contributed by atoms with E-state index in [0.717, 1.165) is 18.4 Å². The van der Waals surface area contributed by atoms with Crippen LogP contribution in [0.2, 0.25) is 5.02 Å². The minimum atomic E-state index is -0.988. The molecule has 8 nitrogen and oxygen atoms in total. The summed E-state index contributed by atoms with van der Waals surface area (Å²) >= 11 is 6.51. The number of phenols is 1. The van der Waals surface area contributed by atoms with Crippen LogP contribution in [0.3, 0.4) is 0 Å². The fraction of sp³-hybridized carbons (Fsp3) is 0.250. The van der Waals surface area contributed by atoms with Crippen LogP contribution in [0.25, 0.3) is 16.8 Å². The largest absolute Gasteiger partial charge is 0.508 e. The Hall–Kier alpha value is -3.26. The number of carbonyl (C=O) groups is 2. The number of aromatic hydroxyl groups is 1. The SMILES string of the molecule is CCOC(=O)C(=O)Nc1cc(Cl)c(-n2c(=O)oc3cc(O)ccc32)c(C2CC2)c1. The van der Waals surface area contributed by atoms with Gasteiger partial charge in [-0.3, -0.25) is 4.79 Å². The number of halogens is 1. The first kappa shape index (κ1) is 19.1. The molecule has 1 fully saturated rings. The molecule has 0 spiro atoms. The average molecular weight is 417 g/mol. The molecule has 9 heteroatoms. The maximum Gasteiger partial charge on any atom is 0.424 e. The molecule has 3 aromatic rings. The number of carbonyl (C=O) groups excluding carboxylic acids is 2. The lowest BCUT2D eigenvalue weighted by molar-refractivity contribution is -0.152. The maximum atomic E-state index is 12.5. The van der Waals surface area contributed by atoms with Crippen molar-refractivity contribution in [3.05, 3.63) is 51.5 Å². The monoisotopic (exact) mass is 416 g/mol. The third kappa shape index (κ3) is 3.58. The average Bonchev–Trinajstić information content (AvgIpc) is 3.45. The van der Waals surface area contributed by atoms with Crippen LogP contribution in [0.1, 0.15) is 31.2 Å². The second-order valence-electron chi connectivity index (χ2n) is 6.70. The number of hydrogen-bond donors (Lipinski definition) is 2. The molecule has 0 saturated heterocycles. The molecular weight excluding hydrogens is 400 g/mol. The smallest absolute Gasteiger partial charge is 0.424 e. The molecule has 1 aromatic heterocycles. The summed E-state index contributed by atoms with van der Waals surface area (Å²) in [6.07, 6.45) is 1.81. The molecule has 2 N–H and O–H groups in total. The van der Waals surface area contributed by atoms with Crippen LogP contribution in [0.4, 0.5) is 5.69 Å². The van der Waals surface area contributed by atoms with Crippen LogP contribution < -0.4 is 11.1 Å². The maximum absolute atomic E-state index is 12.5. The van der Waals surface area contributed by atoms with Crippen molar-refractivity contribution in [2.24, 2.45) is 0 Å². The minimum Gasteiger partial charge on any atom is -0.508 e. The zero-order valence-electron chi connectivity index (χ0n) is 15.4. The van der Waals surface area contributed by atoms with E-state index in [1.165, 1.54) is 22.8 Å². The predicted molar refractivity (Wildman–Crippen MR) is 106 cm³/mol. The molecule has 0 atom stereocenters. The van der Waals surface area contributed by atoms with Crippen molar-refractivity contribution < 1.29 is 23.8 Å². The van der Waals surface area contributed by atoms with Crippen LogP contribution in [-0.4, -0.2) is 28.2 Å². The molecule has 0 unspecified atom stereocenters. The zero-order valence-corrected chi connectivity index (χ0v) is 16.2. The van der Waals surface area contributed by atoms with Gasteiger partial charge in [0.25, 0.3) is 0 Å². The third-order valence-corrected chi connectivity index (χ3v) is 4.90. The first-order valence-electron chi connectivity index (χ1n) is 9.05. The highest BCUT2D eigenvalue weighted by Gasteiger charge is 2.30. The van der Waals surface area contributed by atoms with Crippen LogP contribution in [0.15, 0.2) is 39.5 Å². The number of anilines is 1. The molecule has 1 amide bonds. The highest BCUT2D eigenvalue weighted by molar-refractivity contribution is 6.38. The van der Waals surface area contributed by atoms with Crippen LogP contribution in [0, 0.1) is 0 Å². The van der Waals surface area contributed by atoms with Gasteiger partial charge in [-0.2, -0.15) is 0 Å². The fourth-order valence-electron chi connectivity index (χ4n) is 3.23. The van der Waals surface area contributed by atoms with Gasteiger partial charge < -0.3 is 19.6 Å². The van der Waals surface area contributed by atoms with Gasteiger partial charge in [0.1, 0.15) is 5.75 Å². The summed E-state index contributed by atoms with van der Waals surface area (Å²) < 4.78 is 11.3. The van der Waals surface area contributed by atoms with Gasteiger partial charge in [0, 0.05) is 11.8 Å². The summed E-state index contributed by atoms with van der Waals surface area (Å²) in [6.45, 7) is 1.69. The van der Waals surface area contributed by atoms with E-state index in [1.54, 1.807) is 19.1 Å². The summed E-state index contributed by atoms with van der Waals surface area (Å²) in [5, 5.41) is 12.3. The number of esters is 1. The van der Waals surface area contributed by atoms with Gasteiger partial charge in [-0.05, 0) is 55.5 Å². The highest BCUT2D eigenvalue weighted by atomic mass is 35.5. The summed E-state index contributed by atoms with van der Waals surface area (Å²) in [5.41, 5.74) is 2.23. The van der Waals surface area contributed by atoms with Gasteiger partial charge in [-0.25, -0.2) is 14.2 Å². The summed E-state index contributed by atoms with van der Waals surface area (Å²) in [5.74, 6) is -2.39. The lowest BCUT2D eigenvalue weighted by atomic mass is 10.1. The van der Waals surface area contributed by atoms with Crippen molar-refractivity contribution in [2.75, 3.05) is 11.9 Å². The van der Waals surface area contributed by atoms with E-state index < -0.39 is 17.6 Å². The summed E-state index contributed by atoms with van der Waals surface area (Å²) in [7, 11) is 0. The number of benzene rings is 2. The standard InChI is InChI=1S/C20H17ClN2O6/c1-2-28-19(26)18(25)22-11-7-13(10-3-4-10)17(14(21)8-11)23-15-6-5-12(24)9-16(15)29-20(23)27/h5-10,24H,2-4H2,1H3,(H,22,25). The number of phenolic OH excluding ortho intramolecular Hbond substituents is 1. The number of fused-ring (bicyclic) bond motifs is 1. The fourth-order valence-corrected chi connectivity index (χ4v) is 3.54. The topological polar surface area (TPSA) is 111 Å². The van der Waals surface area contributed by atoms with E-state index in [-0.39, 0.29) is 28.9 Å². The number of rotatable bonds is 4. The number of amides is 1. The Bertz CT molecular complexity index is 1190. The second-order valence-corrected chi connectivity index (χ2v) is 7.11. The van der Waals surface area contributed by atoms with Crippen molar-refractivity contribution >= 4 is 40.3 Å². The van der Waals surface area contributed by atoms with Gasteiger partial charge in [-0.1, -0.05) is 11.6 Å². The number of hydrogen-bond acceptors (Lipinski definition) is 6. The highest BCUT2D eigenvalue weighted by Crippen LogP contribution is 2.46. The van der Waals surface area contributed by atoms with Crippen LogP contribution in [-0.2, 0) is 14.3 Å². The molecule has 4 rings (SSSR count). The van der Waals surface area contributed by atoms with Crippen molar-refractivity contribution in [3.8, 4) is 11.4 Å². The first-order valence-corrected chi connectivity index (χ1v) is 9.43. The minimum absolute atomic E-state index is 0.0241. The molecule has 1 heterocycles. The lowest BCUT2D eigenvalue weighted by Gasteiger charge is -2.15. The van der Waals surface area contributed by atoms with Crippen molar-refractivity contribution in [1.82, 2.24) is 4.57 Å². The number of aromatic nitrogens is 1. The molecule has 2 aromatic carbocycles. The van der Waals surface area contributed by atoms with E-state index in [0.29, 0.717) is 16.9 Å². The Morgan fingerprint density at radius 3 is 2.76 bits per heavy atom. The van der Waals surface area contributed by atoms with Gasteiger partial charge in [0.15, 0.2) is 5.58 Å². The van der Waals surface area contributed by atoms with Gasteiger partial charge >= 0.3 is 17.6 Å². The Labute approximate surface area is 169 Å². The first-order chi connectivity index (χ1) is 13.9. The summed E-state index contributed by atoms with van der Waals surface area (Å²) in [6, 6.07) is 7.53. The molecule has 150 valence electrons. The van der Waals surface area contributed by atoms with E-state index in [1.807, 2.05) is 0 Å². The second kappa shape index (κ2) is 7.29.